The number of aromatic nitrogens is 2. The number of primary amides is 1. The topological polar surface area (TPSA) is 70.1 Å². The Labute approximate surface area is 75.5 Å². The van der Waals surface area contributed by atoms with E-state index in [-0.39, 0.29) is 6.04 Å². The van der Waals surface area contributed by atoms with E-state index in [0.717, 1.165) is 13.0 Å². The molecule has 0 bridgehead atoms. The molecule has 0 saturated carbocycles. The minimum Gasteiger partial charge on any atom is -0.379 e. The van der Waals surface area contributed by atoms with Crippen molar-refractivity contribution in [2.75, 3.05) is 13.2 Å². The van der Waals surface area contributed by atoms with Crippen molar-refractivity contribution in [3.63, 3.8) is 0 Å². The van der Waals surface area contributed by atoms with E-state index in [9.17, 15) is 4.79 Å². The van der Waals surface area contributed by atoms with Crippen molar-refractivity contribution in [1.29, 1.82) is 0 Å². The van der Waals surface area contributed by atoms with Gasteiger partial charge in [-0.2, -0.15) is 5.10 Å². The summed E-state index contributed by atoms with van der Waals surface area (Å²) < 4.78 is 6.85. The number of carbonyl (C=O) groups is 1. The lowest BCUT2D eigenvalue weighted by Crippen LogP contribution is -2.21. The summed E-state index contributed by atoms with van der Waals surface area (Å²) in [5.74, 6) is -0.440. The van der Waals surface area contributed by atoms with Crippen molar-refractivity contribution < 1.29 is 9.53 Å². The zero-order valence-corrected chi connectivity index (χ0v) is 7.14. The van der Waals surface area contributed by atoms with Crippen LogP contribution in [0.5, 0.6) is 0 Å². The molecule has 1 amide bonds. The Hall–Kier alpha value is -1.36. The van der Waals surface area contributed by atoms with Crippen molar-refractivity contribution in [2.24, 2.45) is 5.73 Å². The third-order valence-electron chi connectivity index (χ3n) is 2.17. The predicted octanol–water partition coefficient (Wildman–Crippen LogP) is -0.0566. The molecule has 13 heavy (non-hydrogen) atoms. The van der Waals surface area contributed by atoms with Gasteiger partial charge in [0.25, 0.3) is 5.91 Å². The lowest BCUT2D eigenvalue weighted by molar-refractivity contribution is 0.0986. The van der Waals surface area contributed by atoms with E-state index in [1.807, 2.05) is 0 Å². The summed E-state index contributed by atoms with van der Waals surface area (Å²) in [5, 5.41) is 4.06. The van der Waals surface area contributed by atoms with Gasteiger partial charge < -0.3 is 10.5 Å². The molecule has 0 aromatic carbocycles. The second-order valence-electron chi connectivity index (χ2n) is 3.04. The van der Waals surface area contributed by atoms with Gasteiger partial charge in [0.1, 0.15) is 5.69 Å². The van der Waals surface area contributed by atoms with Gasteiger partial charge in [-0.1, -0.05) is 0 Å². The number of nitrogens with two attached hydrogens (primary N) is 1. The molecule has 1 atom stereocenters. The Balaban J connectivity index is 2.28. The zero-order chi connectivity index (χ0) is 9.26. The lowest BCUT2D eigenvalue weighted by Gasteiger charge is -2.10. The maximum atomic E-state index is 11.0. The third kappa shape index (κ3) is 1.42. The number of hydrogen-bond acceptors (Lipinski definition) is 3. The molecule has 0 spiro atoms. The molecule has 0 aliphatic carbocycles. The summed E-state index contributed by atoms with van der Waals surface area (Å²) in [4.78, 5) is 11.0. The van der Waals surface area contributed by atoms with Crippen LogP contribution in [0.4, 0.5) is 0 Å². The Morgan fingerprint density at radius 2 is 2.62 bits per heavy atom. The van der Waals surface area contributed by atoms with Crippen LogP contribution in [0.25, 0.3) is 0 Å². The maximum absolute atomic E-state index is 11.0. The molecule has 1 saturated heterocycles. The summed E-state index contributed by atoms with van der Waals surface area (Å²) in [6.45, 7) is 1.34. The number of hydrogen-bond donors (Lipinski definition) is 1. The Kier molecular flexibility index (Phi) is 2.02. The van der Waals surface area contributed by atoms with E-state index in [4.69, 9.17) is 10.5 Å². The largest absolute Gasteiger partial charge is 0.379 e. The van der Waals surface area contributed by atoms with Gasteiger partial charge in [-0.05, 0) is 12.5 Å². The molecule has 2 N–H and O–H groups in total. The van der Waals surface area contributed by atoms with Crippen LogP contribution in [0.2, 0.25) is 0 Å². The summed E-state index contributed by atoms with van der Waals surface area (Å²) in [7, 11) is 0. The SMILES string of the molecule is NC(=O)c1ccnn1C1CCOC1. The van der Waals surface area contributed by atoms with Crippen LogP contribution in [-0.2, 0) is 4.74 Å². The van der Waals surface area contributed by atoms with Crippen LogP contribution in [0.15, 0.2) is 12.3 Å². The highest BCUT2D eigenvalue weighted by Gasteiger charge is 2.21. The lowest BCUT2D eigenvalue weighted by atomic mass is 10.2. The molecule has 5 nitrogen and oxygen atoms in total. The van der Waals surface area contributed by atoms with Gasteiger partial charge in [0.15, 0.2) is 0 Å². The van der Waals surface area contributed by atoms with Gasteiger partial charge >= 0.3 is 0 Å². The van der Waals surface area contributed by atoms with Crippen LogP contribution in [0.1, 0.15) is 23.0 Å². The molecule has 1 unspecified atom stereocenters. The number of carbonyl (C=O) groups excluding carboxylic acids is 1. The molecule has 0 radical (unpaired) electrons. The van der Waals surface area contributed by atoms with Crippen LogP contribution >= 0.6 is 0 Å². The number of amides is 1. The molecular formula is C8H11N3O2. The van der Waals surface area contributed by atoms with Gasteiger partial charge in [0.2, 0.25) is 0 Å². The molecule has 1 aromatic rings. The molecule has 2 heterocycles. The van der Waals surface area contributed by atoms with Crippen LogP contribution < -0.4 is 5.73 Å². The molecule has 70 valence electrons. The van der Waals surface area contributed by atoms with Crippen molar-refractivity contribution in [3.05, 3.63) is 18.0 Å². The summed E-state index contributed by atoms with van der Waals surface area (Å²) in [6.07, 6.45) is 2.47. The van der Waals surface area contributed by atoms with Crippen LogP contribution in [0.3, 0.4) is 0 Å². The minimum absolute atomic E-state index is 0.164. The third-order valence-corrected chi connectivity index (χ3v) is 2.17. The van der Waals surface area contributed by atoms with Crippen molar-refractivity contribution in [1.82, 2.24) is 9.78 Å². The average Bonchev–Trinajstić information content (AvgIpc) is 2.74. The molecule has 1 fully saturated rings. The van der Waals surface area contributed by atoms with Gasteiger partial charge in [-0.25, -0.2) is 0 Å². The van der Waals surface area contributed by atoms with E-state index in [1.54, 1.807) is 16.9 Å². The van der Waals surface area contributed by atoms with E-state index < -0.39 is 5.91 Å². The molecule has 1 aliphatic rings. The minimum atomic E-state index is -0.440. The van der Waals surface area contributed by atoms with Crippen LogP contribution in [0, 0.1) is 0 Å². The number of ether oxygens (including phenoxy) is 1. The highest BCUT2D eigenvalue weighted by Crippen LogP contribution is 2.19. The Morgan fingerprint density at radius 3 is 3.23 bits per heavy atom. The van der Waals surface area contributed by atoms with Crippen LogP contribution in [-0.4, -0.2) is 28.9 Å². The van der Waals surface area contributed by atoms with Crippen molar-refractivity contribution in [2.45, 2.75) is 12.5 Å². The molecule has 5 heteroatoms. The second kappa shape index (κ2) is 3.18. The fourth-order valence-electron chi connectivity index (χ4n) is 1.52. The fraction of sp³-hybridized carbons (Fsp3) is 0.500. The first-order chi connectivity index (χ1) is 6.29. The monoisotopic (exact) mass is 181 g/mol. The second-order valence-corrected chi connectivity index (χ2v) is 3.04. The zero-order valence-electron chi connectivity index (χ0n) is 7.14. The van der Waals surface area contributed by atoms with E-state index in [1.165, 1.54) is 0 Å². The van der Waals surface area contributed by atoms with E-state index in [0.29, 0.717) is 12.3 Å². The van der Waals surface area contributed by atoms with E-state index >= 15 is 0 Å². The van der Waals surface area contributed by atoms with Gasteiger partial charge in [0, 0.05) is 12.8 Å². The Morgan fingerprint density at radius 1 is 1.77 bits per heavy atom. The molecule has 1 aromatic heterocycles. The number of nitrogens with zero attached hydrogens (tertiary/aromatic N) is 2. The summed E-state index contributed by atoms with van der Waals surface area (Å²) in [6, 6.07) is 1.79. The first kappa shape index (κ1) is 8.25. The fourth-order valence-corrected chi connectivity index (χ4v) is 1.52. The summed E-state index contributed by atoms with van der Waals surface area (Å²) >= 11 is 0. The first-order valence-corrected chi connectivity index (χ1v) is 4.20. The first-order valence-electron chi connectivity index (χ1n) is 4.20. The van der Waals surface area contributed by atoms with Gasteiger partial charge in [-0.15, -0.1) is 0 Å². The van der Waals surface area contributed by atoms with Crippen molar-refractivity contribution in [3.8, 4) is 0 Å². The summed E-state index contributed by atoms with van der Waals surface area (Å²) in [5.41, 5.74) is 5.64. The quantitative estimate of drug-likeness (QED) is 0.695. The highest BCUT2D eigenvalue weighted by molar-refractivity contribution is 5.90. The maximum Gasteiger partial charge on any atom is 0.266 e. The highest BCUT2D eigenvalue weighted by atomic mass is 16.5. The smallest absolute Gasteiger partial charge is 0.266 e. The van der Waals surface area contributed by atoms with Gasteiger partial charge in [0.05, 0.1) is 12.6 Å². The standard InChI is InChI=1S/C8H11N3O2/c9-8(12)7-1-3-10-11(7)6-2-4-13-5-6/h1,3,6H,2,4-5H2,(H2,9,12). The number of rotatable bonds is 2. The van der Waals surface area contributed by atoms with E-state index in [2.05, 4.69) is 5.10 Å². The molecule has 2 rings (SSSR count). The normalized spacial score (nSPS) is 22.0. The Bertz CT molecular complexity index is 315. The predicted molar refractivity (Wildman–Crippen MR) is 45.2 cm³/mol. The van der Waals surface area contributed by atoms with Crippen molar-refractivity contribution >= 4 is 5.91 Å². The van der Waals surface area contributed by atoms with Gasteiger partial charge in [-0.3, -0.25) is 9.48 Å². The molecular weight excluding hydrogens is 170 g/mol. The molecule has 1 aliphatic heterocycles. The average molecular weight is 181 g/mol.